The van der Waals surface area contributed by atoms with Gasteiger partial charge in [-0.05, 0) is 56.2 Å². The SMILES string of the molecule is CC(O)(c1cc(C(C)(c2ccc(N)c(C(C)(O)C(F)(F)F)c2)C(F)(F)F)ccc1N)C(F)(F)F. The van der Waals surface area contributed by atoms with Gasteiger partial charge in [0.05, 0.1) is 0 Å². The van der Waals surface area contributed by atoms with Crippen molar-refractivity contribution in [2.75, 3.05) is 11.5 Å². The number of alkyl halides is 9. The number of benzene rings is 2. The maximum absolute atomic E-state index is 14.4. The molecule has 6 N–H and O–H groups in total. The Labute approximate surface area is 188 Å². The normalized spacial score (nSPS) is 18.6. The predicted octanol–water partition coefficient (Wildman–Crippen LogP) is 5.26. The fraction of sp³-hybridized carbons (Fsp3) is 0.429. The first-order valence-electron chi connectivity index (χ1n) is 9.45. The first kappa shape index (κ1) is 27.6. The number of hydrogen-bond acceptors (Lipinski definition) is 4. The molecule has 0 fully saturated rings. The van der Waals surface area contributed by atoms with Gasteiger partial charge in [-0.25, -0.2) is 0 Å². The second-order valence-electron chi connectivity index (χ2n) is 8.37. The van der Waals surface area contributed by atoms with Crippen molar-refractivity contribution in [2.45, 2.75) is 55.9 Å². The summed E-state index contributed by atoms with van der Waals surface area (Å²) in [5.41, 5.74) is -4.64. The van der Waals surface area contributed by atoms with Crippen molar-refractivity contribution in [3.05, 3.63) is 58.7 Å². The summed E-state index contributed by atoms with van der Waals surface area (Å²) in [6.07, 6.45) is -15.9. The third kappa shape index (κ3) is 4.26. The fourth-order valence-corrected chi connectivity index (χ4v) is 3.38. The molecule has 13 heteroatoms. The fourth-order valence-electron chi connectivity index (χ4n) is 3.38. The summed E-state index contributed by atoms with van der Waals surface area (Å²) in [5, 5.41) is 20.0. The van der Waals surface area contributed by atoms with Crippen LogP contribution in [0.5, 0.6) is 0 Å². The van der Waals surface area contributed by atoms with E-state index in [4.69, 9.17) is 11.5 Å². The van der Waals surface area contributed by atoms with E-state index in [2.05, 4.69) is 0 Å². The Morgan fingerprint density at radius 2 is 0.853 bits per heavy atom. The van der Waals surface area contributed by atoms with Crippen LogP contribution < -0.4 is 11.5 Å². The molecule has 0 aliphatic heterocycles. The highest BCUT2D eigenvalue weighted by molar-refractivity contribution is 5.58. The molecule has 0 saturated heterocycles. The molecule has 190 valence electrons. The molecule has 2 atom stereocenters. The Kier molecular flexibility index (Phi) is 6.44. The second-order valence-corrected chi connectivity index (χ2v) is 8.37. The largest absolute Gasteiger partial charge is 0.421 e. The molecule has 0 saturated carbocycles. The molecule has 0 bridgehead atoms. The smallest absolute Gasteiger partial charge is 0.398 e. The monoisotopic (exact) mass is 504 g/mol. The molecule has 34 heavy (non-hydrogen) atoms. The van der Waals surface area contributed by atoms with Gasteiger partial charge in [0, 0.05) is 22.5 Å². The van der Waals surface area contributed by atoms with Crippen LogP contribution in [0.15, 0.2) is 36.4 Å². The number of halogens is 9. The van der Waals surface area contributed by atoms with Gasteiger partial charge in [0.15, 0.2) is 11.2 Å². The minimum atomic E-state index is -5.31. The third-order valence-electron chi connectivity index (χ3n) is 5.98. The molecule has 0 radical (unpaired) electrons. The van der Waals surface area contributed by atoms with Crippen molar-refractivity contribution in [1.29, 1.82) is 0 Å². The molecule has 0 spiro atoms. The highest BCUT2D eigenvalue weighted by Gasteiger charge is 2.57. The van der Waals surface area contributed by atoms with Crippen molar-refractivity contribution < 1.29 is 49.7 Å². The lowest BCUT2D eigenvalue weighted by atomic mass is 9.73. The topological polar surface area (TPSA) is 92.5 Å². The van der Waals surface area contributed by atoms with Crippen LogP contribution in [0.4, 0.5) is 50.9 Å². The van der Waals surface area contributed by atoms with Gasteiger partial charge in [-0.1, -0.05) is 12.1 Å². The van der Waals surface area contributed by atoms with Crippen LogP contribution >= 0.6 is 0 Å². The van der Waals surface area contributed by atoms with Gasteiger partial charge in [-0.3, -0.25) is 0 Å². The lowest BCUT2D eigenvalue weighted by molar-refractivity contribution is -0.258. The zero-order valence-electron chi connectivity index (χ0n) is 17.9. The minimum absolute atomic E-state index is 0.301. The van der Waals surface area contributed by atoms with E-state index in [1.54, 1.807) is 0 Å². The molecule has 2 aromatic carbocycles. The van der Waals surface area contributed by atoms with Crippen LogP contribution in [-0.2, 0) is 16.6 Å². The van der Waals surface area contributed by atoms with Gasteiger partial charge < -0.3 is 21.7 Å². The summed E-state index contributed by atoms with van der Waals surface area (Å²) in [6, 6.07) is 3.73. The van der Waals surface area contributed by atoms with Gasteiger partial charge in [-0.15, -0.1) is 0 Å². The summed E-state index contributed by atoms with van der Waals surface area (Å²) >= 11 is 0. The standard InChI is InChI=1S/C21H21F9N2O2/c1-16(19(22,23)24,10-4-6-14(31)12(8-10)17(2,33)20(25,26)27)11-5-7-15(32)13(9-11)18(3,34)21(28,29)30/h4-9,33-34H,31-32H2,1-3H3. The zero-order valence-corrected chi connectivity index (χ0v) is 17.9. The summed E-state index contributed by atoms with van der Waals surface area (Å²) in [5.74, 6) is 0. The molecule has 2 aromatic rings. The second kappa shape index (κ2) is 7.94. The van der Waals surface area contributed by atoms with Gasteiger partial charge in [0.2, 0.25) is 0 Å². The maximum atomic E-state index is 14.4. The van der Waals surface area contributed by atoms with Gasteiger partial charge >= 0.3 is 18.5 Å². The van der Waals surface area contributed by atoms with E-state index >= 15 is 0 Å². The molecule has 0 aromatic heterocycles. The van der Waals surface area contributed by atoms with Crippen LogP contribution in [0.3, 0.4) is 0 Å². The highest BCUT2D eigenvalue weighted by atomic mass is 19.4. The van der Waals surface area contributed by atoms with E-state index in [1.807, 2.05) is 0 Å². The number of nitrogens with two attached hydrogens (primary N) is 2. The van der Waals surface area contributed by atoms with E-state index < -0.39 is 68.8 Å². The number of aliphatic hydroxyl groups is 2. The molecule has 0 aliphatic rings. The van der Waals surface area contributed by atoms with Crippen LogP contribution in [-0.4, -0.2) is 28.7 Å². The predicted molar refractivity (Wildman–Crippen MR) is 105 cm³/mol. The Morgan fingerprint density at radius 1 is 0.559 bits per heavy atom. The van der Waals surface area contributed by atoms with E-state index in [0.717, 1.165) is 24.3 Å². The average molecular weight is 504 g/mol. The summed E-state index contributed by atoms with van der Waals surface area (Å²) < 4.78 is 123. The summed E-state index contributed by atoms with van der Waals surface area (Å²) in [7, 11) is 0. The van der Waals surface area contributed by atoms with Crippen molar-refractivity contribution >= 4 is 11.4 Å². The molecular weight excluding hydrogens is 483 g/mol. The molecule has 2 unspecified atom stereocenters. The third-order valence-corrected chi connectivity index (χ3v) is 5.98. The Morgan fingerprint density at radius 3 is 1.09 bits per heavy atom. The average Bonchev–Trinajstić information content (AvgIpc) is 2.65. The van der Waals surface area contributed by atoms with Crippen LogP contribution in [0.2, 0.25) is 0 Å². The Balaban J connectivity index is 2.89. The van der Waals surface area contributed by atoms with Crippen LogP contribution in [0, 0.1) is 0 Å². The molecule has 4 nitrogen and oxygen atoms in total. The van der Waals surface area contributed by atoms with E-state index in [0.29, 0.717) is 32.9 Å². The van der Waals surface area contributed by atoms with Crippen molar-refractivity contribution in [3.63, 3.8) is 0 Å². The Bertz CT molecular complexity index is 996. The molecular formula is C21H21F9N2O2. The number of nitrogen functional groups attached to an aromatic ring is 2. The Hall–Kier alpha value is -2.67. The van der Waals surface area contributed by atoms with E-state index in [1.165, 1.54) is 0 Å². The molecule has 0 heterocycles. The van der Waals surface area contributed by atoms with Gasteiger partial charge in [0.25, 0.3) is 0 Å². The number of hydrogen-bond donors (Lipinski definition) is 4. The first-order chi connectivity index (χ1) is 15.0. The van der Waals surface area contributed by atoms with Crippen molar-refractivity contribution in [2.24, 2.45) is 0 Å². The van der Waals surface area contributed by atoms with Gasteiger partial charge in [0.1, 0.15) is 5.41 Å². The number of anilines is 2. The molecule has 2 rings (SSSR count). The van der Waals surface area contributed by atoms with Crippen LogP contribution in [0.25, 0.3) is 0 Å². The summed E-state index contributed by atoms with van der Waals surface area (Å²) in [6.45, 7) is 1.13. The van der Waals surface area contributed by atoms with Crippen molar-refractivity contribution in [1.82, 2.24) is 0 Å². The number of rotatable bonds is 4. The van der Waals surface area contributed by atoms with Crippen molar-refractivity contribution in [3.8, 4) is 0 Å². The van der Waals surface area contributed by atoms with E-state index in [9.17, 15) is 49.7 Å². The lowest BCUT2D eigenvalue weighted by Crippen LogP contribution is -2.43. The maximum Gasteiger partial charge on any atom is 0.421 e. The highest BCUT2D eigenvalue weighted by Crippen LogP contribution is 2.50. The molecule has 0 amide bonds. The minimum Gasteiger partial charge on any atom is -0.398 e. The van der Waals surface area contributed by atoms with E-state index in [-0.39, 0.29) is 0 Å². The zero-order chi connectivity index (χ0) is 26.7. The molecule has 0 aliphatic carbocycles. The van der Waals surface area contributed by atoms with Crippen LogP contribution in [0.1, 0.15) is 43.0 Å². The lowest BCUT2D eigenvalue weighted by Gasteiger charge is -2.36. The first-order valence-corrected chi connectivity index (χ1v) is 9.45. The van der Waals surface area contributed by atoms with Gasteiger partial charge in [-0.2, -0.15) is 39.5 Å². The summed E-state index contributed by atoms with van der Waals surface area (Å²) in [4.78, 5) is 0. The quantitative estimate of drug-likeness (QED) is 0.338.